The van der Waals surface area contributed by atoms with Crippen LogP contribution in [0, 0.1) is 29.1 Å². The minimum absolute atomic E-state index is 0.135. The van der Waals surface area contributed by atoms with E-state index >= 15 is 0 Å². The number of carbonyl (C=O) groups is 4. The van der Waals surface area contributed by atoms with Crippen molar-refractivity contribution < 1.29 is 23.9 Å². The maximum absolute atomic E-state index is 13.3. The molecule has 3 aliphatic rings. The molecule has 1 saturated heterocycles. The Bertz CT molecular complexity index is 1520. The van der Waals surface area contributed by atoms with Crippen molar-refractivity contribution in [2.75, 3.05) is 11.5 Å². The molecule has 4 atom stereocenters. The van der Waals surface area contributed by atoms with E-state index in [0.717, 1.165) is 6.42 Å². The summed E-state index contributed by atoms with van der Waals surface area (Å²) in [7, 11) is 0. The molecule has 2 aliphatic carbocycles. The van der Waals surface area contributed by atoms with E-state index in [1.54, 1.807) is 57.2 Å². The highest BCUT2D eigenvalue weighted by Crippen LogP contribution is 2.53. The fourth-order valence-corrected chi connectivity index (χ4v) is 5.88. The lowest BCUT2D eigenvalue weighted by atomic mass is 9.85. The summed E-state index contributed by atoms with van der Waals surface area (Å²) in [6, 6.07) is 16.0. The van der Waals surface area contributed by atoms with E-state index in [1.807, 2.05) is 18.2 Å². The highest BCUT2D eigenvalue weighted by Gasteiger charge is 2.59. The second-order valence-electron chi connectivity index (χ2n) is 11.4. The average Bonchev–Trinajstić information content (AvgIpc) is 3.59. The Morgan fingerprint density at radius 2 is 1.63 bits per heavy atom. The summed E-state index contributed by atoms with van der Waals surface area (Å²) in [5, 5.41) is 0.612. The summed E-state index contributed by atoms with van der Waals surface area (Å²) >= 11 is 0. The normalized spacial score (nSPS) is 23.8. The number of anilines is 1. The molecule has 38 heavy (non-hydrogen) atoms. The van der Waals surface area contributed by atoms with E-state index in [0.29, 0.717) is 33.4 Å². The zero-order chi connectivity index (χ0) is 26.8. The monoisotopic (exact) mass is 508 g/mol. The first-order chi connectivity index (χ1) is 18.1. The van der Waals surface area contributed by atoms with Crippen LogP contribution >= 0.6 is 0 Å². The third-order valence-corrected chi connectivity index (χ3v) is 7.98. The topological polar surface area (TPSA) is 93.6 Å². The lowest BCUT2D eigenvalue weighted by molar-refractivity contribution is -0.129. The highest BCUT2D eigenvalue weighted by molar-refractivity contribution is 6.23. The van der Waals surface area contributed by atoms with Gasteiger partial charge in [0.05, 0.1) is 34.3 Å². The zero-order valence-corrected chi connectivity index (χ0v) is 21.5. The van der Waals surface area contributed by atoms with Gasteiger partial charge < -0.3 is 4.74 Å². The van der Waals surface area contributed by atoms with Gasteiger partial charge in [-0.25, -0.2) is 14.7 Å². The lowest BCUT2D eigenvalue weighted by Gasteiger charge is -2.18. The van der Waals surface area contributed by atoms with Gasteiger partial charge >= 0.3 is 5.97 Å². The number of rotatable bonds is 5. The Morgan fingerprint density at radius 1 is 0.947 bits per heavy atom. The number of allylic oxidation sites excluding steroid dienone is 2. The number of fused-ring (bicyclic) bond motifs is 6. The van der Waals surface area contributed by atoms with Crippen molar-refractivity contribution in [2.24, 2.45) is 29.1 Å². The fraction of sp³-hybridized carbons (Fsp3) is 0.323. The molecule has 1 aromatic heterocycles. The third kappa shape index (κ3) is 3.85. The minimum Gasteiger partial charge on any atom is -0.454 e. The molecular weight excluding hydrogens is 480 g/mol. The van der Waals surface area contributed by atoms with Crippen LogP contribution in [0.1, 0.15) is 37.6 Å². The Morgan fingerprint density at radius 3 is 2.32 bits per heavy atom. The summed E-state index contributed by atoms with van der Waals surface area (Å²) in [6.45, 7) is 5.02. The number of carbonyl (C=O) groups excluding carboxylic acids is 4. The SMILES string of the molecule is CC(C)(C)C(=O)COC(=O)c1cc(-c2cccc(N3C(=O)[C@@H]4[C@H](C3=O)[C@H]3C=C[C@H]4C3)c2)nc2ccccc12. The van der Waals surface area contributed by atoms with Gasteiger partial charge in [0.25, 0.3) is 0 Å². The number of hydrogen-bond donors (Lipinski definition) is 0. The van der Waals surface area contributed by atoms with Crippen LogP contribution in [-0.2, 0) is 19.1 Å². The number of amides is 2. The molecule has 2 amide bonds. The number of ether oxygens (including phenoxy) is 1. The molecule has 7 nitrogen and oxygen atoms in total. The van der Waals surface area contributed by atoms with Crippen LogP contribution in [0.25, 0.3) is 22.2 Å². The second-order valence-corrected chi connectivity index (χ2v) is 11.4. The van der Waals surface area contributed by atoms with Crippen molar-refractivity contribution >= 4 is 40.2 Å². The van der Waals surface area contributed by atoms with Gasteiger partial charge in [-0.1, -0.05) is 63.3 Å². The van der Waals surface area contributed by atoms with E-state index in [-0.39, 0.29) is 47.9 Å². The Balaban J connectivity index is 1.34. The first kappa shape index (κ1) is 24.2. The van der Waals surface area contributed by atoms with E-state index < -0.39 is 11.4 Å². The lowest BCUT2D eigenvalue weighted by Crippen LogP contribution is -2.32. The summed E-state index contributed by atoms with van der Waals surface area (Å²) < 4.78 is 5.40. The van der Waals surface area contributed by atoms with E-state index in [9.17, 15) is 19.2 Å². The number of para-hydroxylation sites is 1. The Hall–Kier alpha value is -4.13. The van der Waals surface area contributed by atoms with Crippen molar-refractivity contribution in [2.45, 2.75) is 27.2 Å². The Labute approximate surface area is 220 Å². The maximum atomic E-state index is 13.3. The number of benzene rings is 2. The summed E-state index contributed by atoms with van der Waals surface area (Å²) in [6.07, 6.45) is 5.03. The summed E-state index contributed by atoms with van der Waals surface area (Å²) in [5.41, 5.74) is 1.93. The molecule has 0 spiro atoms. The fourth-order valence-electron chi connectivity index (χ4n) is 5.88. The number of aromatic nitrogens is 1. The van der Waals surface area contributed by atoms with E-state index in [4.69, 9.17) is 9.72 Å². The van der Waals surface area contributed by atoms with Crippen LogP contribution in [0.2, 0.25) is 0 Å². The molecule has 6 rings (SSSR count). The molecule has 2 aromatic carbocycles. The van der Waals surface area contributed by atoms with Gasteiger partial charge in [-0.3, -0.25) is 14.4 Å². The van der Waals surface area contributed by atoms with Gasteiger partial charge in [0.2, 0.25) is 11.8 Å². The second kappa shape index (κ2) is 8.72. The number of imide groups is 1. The van der Waals surface area contributed by atoms with Crippen LogP contribution in [0.4, 0.5) is 5.69 Å². The van der Waals surface area contributed by atoms with Crippen LogP contribution in [0.3, 0.4) is 0 Å². The van der Waals surface area contributed by atoms with Crippen molar-refractivity contribution in [3.05, 3.63) is 72.3 Å². The third-order valence-electron chi connectivity index (χ3n) is 7.98. The van der Waals surface area contributed by atoms with E-state index in [1.165, 1.54) is 4.90 Å². The quantitative estimate of drug-likeness (QED) is 0.274. The van der Waals surface area contributed by atoms with Gasteiger partial charge in [0, 0.05) is 16.4 Å². The van der Waals surface area contributed by atoms with Crippen LogP contribution in [-0.4, -0.2) is 35.2 Å². The molecule has 0 N–H and O–H groups in total. The highest BCUT2D eigenvalue weighted by atomic mass is 16.5. The molecule has 1 saturated carbocycles. The van der Waals surface area contributed by atoms with Crippen LogP contribution in [0.15, 0.2) is 66.7 Å². The van der Waals surface area contributed by atoms with Gasteiger partial charge in [-0.2, -0.15) is 0 Å². The van der Waals surface area contributed by atoms with Crippen molar-refractivity contribution in [1.82, 2.24) is 4.98 Å². The molecule has 0 radical (unpaired) electrons. The number of pyridine rings is 1. The average molecular weight is 509 g/mol. The van der Waals surface area contributed by atoms with Gasteiger partial charge in [0.15, 0.2) is 12.4 Å². The van der Waals surface area contributed by atoms with Gasteiger partial charge in [-0.15, -0.1) is 0 Å². The number of hydrogen-bond acceptors (Lipinski definition) is 6. The molecule has 0 unspecified atom stereocenters. The number of ketones is 1. The maximum Gasteiger partial charge on any atom is 0.339 e. The van der Waals surface area contributed by atoms with Crippen LogP contribution in [0.5, 0.6) is 0 Å². The van der Waals surface area contributed by atoms with Gasteiger partial charge in [-0.05, 0) is 42.5 Å². The zero-order valence-electron chi connectivity index (χ0n) is 21.5. The predicted molar refractivity (Wildman–Crippen MR) is 142 cm³/mol. The van der Waals surface area contributed by atoms with Gasteiger partial charge in [0.1, 0.15) is 0 Å². The molecular formula is C31H28N2O5. The molecule has 1 aliphatic heterocycles. The van der Waals surface area contributed by atoms with Crippen molar-refractivity contribution in [3.8, 4) is 11.3 Å². The number of nitrogens with zero attached hydrogens (tertiary/aromatic N) is 2. The minimum atomic E-state index is -0.620. The number of esters is 1. The van der Waals surface area contributed by atoms with E-state index in [2.05, 4.69) is 12.2 Å². The van der Waals surface area contributed by atoms with Crippen molar-refractivity contribution in [1.29, 1.82) is 0 Å². The number of Topliss-reactive ketones (excluding diaryl/α,β-unsaturated/α-hetero) is 1. The van der Waals surface area contributed by atoms with Crippen molar-refractivity contribution in [3.63, 3.8) is 0 Å². The standard InChI is InChI=1S/C31H28N2O5/c1-31(2,3)25(34)16-38-30(37)22-15-24(32-23-10-5-4-9-21(22)23)17-7-6-8-20(14-17)33-28(35)26-18-11-12-19(13-18)27(26)29(33)36/h4-12,14-15,18-19,26-27H,13,16H2,1-3H3/t18-,19-,26-,27+/m0/s1. The molecule has 2 bridgehead atoms. The molecule has 192 valence electrons. The van der Waals surface area contributed by atoms with Crippen LogP contribution < -0.4 is 4.90 Å². The molecule has 7 heteroatoms. The molecule has 2 heterocycles. The Kier molecular flexibility index (Phi) is 5.56. The predicted octanol–water partition coefficient (Wildman–Crippen LogP) is 4.99. The smallest absolute Gasteiger partial charge is 0.339 e. The summed E-state index contributed by atoms with van der Waals surface area (Å²) in [5.74, 6) is -1.37. The first-order valence-corrected chi connectivity index (χ1v) is 12.9. The first-order valence-electron chi connectivity index (χ1n) is 12.9. The molecule has 3 aromatic rings. The largest absolute Gasteiger partial charge is 0.454 e. The molecule has 2 fully saturated rings. The summed E-state index contributed by atoms with van der Waals surface area (Å²) in [4.78, 5) is 58.1.